The van der Waals surface area contributed by atoms with Crippen molar-refractivity contribution in [2.45, 2.75) is 117 Å². The molecular formula is C22H39NO4. The maximum Gasteiger partial charge on any atom is 0.412 e. The van der Waals surface area contributed by atoms with Gasteiger partial charge in [0, 0.05) is 5.41 Å². The zero-order valence-electron chi connectivity index (χ0n) is 18.3. The normalized spacial score (nSPS) is 33.6. The molecule has 2 aliphatic heterocycles. The minimum Gasteiger partial charge on any atom is -0.444 e. The van der Waals surface area contributed by atoms with Crippen LogP contribution in [0.1, 0.15) is 87.0 Å². The van der Waals surface area contributed by atoms with Crippen LogP contribution in [-0.4, -0.2) is 47.2 Å². The molecule has 2 heterocycles. The summed E-state index contributed by atoms with van der Waals surface area (Å²) in [6.45, 7) is 14.9. The molecule has 1 aliphatic carbocycles. The van der Waals surface area contributed by atoms with E-state index in [1.54, 1.807) is 0 Å². The van der Waals surface area contributed by atoms with Gasteiger partial charge < -0.3 is 14.2 Å². The molecule has 1 saturated carbocycles. The summed E-state index contributed by atoms with van der Waals surface area (Å²) in [6, 6.07) is 0.00234. The fraction of sp³-hybridized carbons (Fsp3) is 0.955. The summed E-state index contributed by atoms with van der Waals surface area (Å²) in [7, 11) is 0. The van der Waals surface area contributed by atoms with E-state index in [2.05, 4.69) is 13.8 Å². The molecule has 0 unspecified atom stereocenters. The lowest BCUT2D eigenvalue weighted by atomic mass is 9.75. The van der Waals surface area contributed by atoms with Crippen molar-refractivity contribution < 1.29 is 19.0 Å². The van der Waals surface area contributed by atoms with Crippen molar-refractivity contribution in [2.75, 3.05) is 6.61 Å². The fourth-order valence-electron chi connectivity index (χ4n) is 5.00. The van der Waals surface area contributed by atoms with Crippen LogP contribution in [0.4, 0.5) is 4.79 Å². The lowest BCUT2D eigenvalue weighted by molar-refractivity contribution is -0.228. The van der Waals surface area contributed by atoms with Crippen molar-refractivity contribution in [1.82, 2.24) is 4.90 Å². The lowest BCUT2D eigenvalue weighted by Gasteiger charge is -2.48. The van der Waals surface area contributed by atoms with Crippen molar-refractivity contribution >= 4 is 6.09 Å². The Morgan fingerprint density at radius 3 is 2.22 bits per heavy atom. The number of ether oxygens (including phenoxy) is 3. The third kappa shape index (κ3) is 4.45. The molecule has 3 fully saturated rings. The predicted molar refractivity (Wildman–Crippen MR) is 106 cm³/mol. The highest BCUT2D eigenvalue weighted by Gasteiger charge is 2.59. The van der Waals surface area contributed by atoms with Crippen LogP contribution in [0.3, 0.4) is 0 Å². The Hall–Kier alpha value is -0.810. The van der Waals surface area contributed by atoms with E-state index in [9.17, 15) is 4.79 Å². The topological polar surface area (TPSA) is 48.0 Å². The van der Waals surface area contributed by atoms with E-state index in [4.69, 9.17) is 14.2 Å². The molecule has 0 radical (unpaired) electrons. The van der Waals surface area contributed by atoms with E-state index in [0.717, 1.165) is 13.0 Å². The van der Waals surface area contributed by atoms with Gasteiger partial charge in [0.15, 0.2) is 0 Å². The van der Waals surface area contributed by atoms with Crippen molar-refractivity contribution in [2.24, 2.45) is 11.3 Å². The number of carbonyl (C=O) groups is 1. The predicted octanol–water partition coefficient (Wildman–Crippen LogP) is 5.12. The summed E-state index contributed by atoms with van der Waals surface area (Å²) in [5.74, 6) is 0.650. The third-order valence-electron chi connectivity index (χ3n) is 6.31. The van der Waals surface area contributed by atoms with Gasteiger partial charge in [0.2, 0.25) is 0 Å². The molecule has 0 bridgehead atoms. The molecule has 0 aromatic carbocycles. The first kappa shape index (κ1) is 20.9. The molecule has 0 aromatic rings. The number of rotatable bonds is 3. The van der Waals surface area contributed by atoms with Gasteiger partial charge in [-0.15, -0.1) is 0 Å². The molecule has 0 aromatic heterocycles. The molecule has 5 nitrogen and oxygen atoms in total. The molecule has 27 heavy (non-hydrogen) atoms. The minimum absolute atomic E-state index is 0.00234. The number of hydrogen-bond donors (Lipinski definition) is 0. The van der Waals surface area contributed by atoms with E-state index in [1.165, 1.54) is 32.1 Å². The Morgan fingerprint density at radius 1 is 1.11 bits per heavy atom. The smallest absolute Gasteiger partial charge is 0.412 e. The average Bonchev–Trinajstić information content (AvgIpc) is 2.76. The van der Waals surface area contributed by atoms with Crippen molar-refractivity contribution in [3.8, 4) is 0 Å². The largest absolute Gasteiger partial charge is 0.444 e. The van der Waals surface area contributed by atoms with Crippen LogP contribution < -0.4 is 0 Å². The summed E-state index contributed by atoms with van der Waals surface area (Å²) < 4.78 is 18.2. The molecule has 0 N–H and O–H groups in total. The number of hydrogen-bond acceptors (Lipinski definition) is 4. The quantitative estimate of drug-likeness (QED) is 0.680. The third-order valence-corrected chi connectivity index (χ3v) is 6.31. The molecule has 3 aliphatic rings. The number of carbonyl (C=O) groups excluding carboxylic acids is 1. The summed E-state index contributed by atoms with van der Waals surface area (Å²) in [4.78, 5) is 15.0. The SMILES string of the molecule is CC(C)(C)OC(=O)N1[C@@H](CC2CCCCC2)[C@H]([C@H]2OCC2(C)C)OC1(C)C. The highest BCUT2D eigenvalue weighted by atomic mass is 16.6. The Morgan fingerprint density at radius 2 is 1.74 bits per heavy atom. The molecule has 2 saturated heterocycles. The first-order valence-corrected chi connectivity index (χ1v) is 10.7. The first-order chi connectivity index (χ1) is 12.4. The minimum atomic E-state index is -0.693. The summed E-state index contributed by atoms with van der Waals surface area (Å²) in [5.41, 5.74) is -1.14. The van der Waals surface area contributed by atoms with E-state index in [-0.39, 0.29) is 29.8 Å². The van der Waals surface area contributed by atoms with Gasteiger partial charge in [-0.2, -0.15) is 0 Å². The van der Waals surface area contributed by atoms with Gasteiger partial charge >= 0.3 is 6.09 Å². The fourth-order valence-corrected chi connectivity index (χ4v) is 5.00. The van der Waals surface area contributed by atoms with Gasteiger partial charge in [-0.05, 0) is 47.0 Å². The second kappa shape index (κ2) is 7.22. The molecule has 0 spiro atoms. The van der Waals surface area contributed by atoms with Gasteiger partial charge in [-0.3, -0.25) is 4.90 Å². The Balaban J connectivity index is 1.86. The van der Waals surface area contributed by atoms with Crippen LogP contribution in [0, 0.1) is 11.3 Å². The summed E-state index contributed by atoms with van der Waals surface area (Å²) in [5, 5.41) is 0. The highest BCUT2D eigenvalue weighted by molar-refractivity contribution is 5.70. The van der Waals surface area contributed by atoms with Gasteiger partial charge in [-0.1, -0.05) is 46.0 Å². The Kier molecular flexibility index (Phi) is 5.59. The molecule has 1 amide bonds. The molecular weight excluding hydrogens is 342 g/mol. The Labute approximate surface area is 165 Å². The molecule has 3 atom stereocenters. The number of nitrogens with zero attached hydrogens (tertiary/aromatic N) is 1. The monoisotopic (exact) mass is 381 g/mol. The van der Waals surface area contributed by atoms with Gasteiger partial charge in [0.1, 0.15) is 17.4 Å². The molecule has 3 rings (SSSR count). The first-order valence-electron chi connectivity index (χ1n) is 10.7. The van der Waals surface area contributed by atoms with Crippen LogP contribution >= 0.6 is 0 Å². The van der Waals surface area contributed by atoms with Crippen molar-refractivity contribution in [1.29, 1.82) is 0 Å². The van der Waals surface area contributed by atoms with E-state index >= 15 is 0 Å². The van der Waals surface area contributed by atoms with Crippen LogP contribution in [0.5, 0.6) is 0 Å². The maximum absolute atomic E-state index is 13.1. The van der Waals surface area contributed by atoms with Crippen LogP contribution in [0.15, 0.2) is 0 Å². The molecule has 156 valence electrons. The Bertz CT molecular complexity index is 545. The van der Waals surface area contributed by atoms with Crippen LogP contribution in [-0.2, 0) is 14.2 Å². The van der Waals surface area contributed by atoms with Crippen molar-refractivity contribution in [3.63, 3.8) is 0 Å². The number of amides is 1. The lowest BCUT2D eigenvalue weighted by Crippen LogP contribution is -2.58. The zero-order chi connectivity index (χ0) is 20.0. The van der Waals surface area contributed by atoms with Crippen molar-refractivity contribution in [3.05, 3.63) is 0 Å². The van der Waals surface area contributed by atoms with E-state index in [1.807, 2.05) is 39.5 Å². The van der Waals surface area contributed by atoms with Crippen LogP contribution in [0.25, 0.3) is 0 Å². The summed E-state index contributed by atoms with van der Waals surface area (Å²) in [6.07, 6.45) is 7.06. The highest BCUT2D eigenvalue weighted by Crippen LogP contribution is 2.47. The zero-order valence-corrected chi connectivity index (χ0v) is 18.3. The average molecular weight is 382 g/mol. The van der Waals surface area contributed by atoms with Crippen LogP contribution in [0.2, 0.25) is 0 Å². The standard InChI is InChI=1S/C22H39NO4/c1-20(2,3)27-19(24)23-16(13-15-11-9-8-10-12-15)17(26-22(23,6)7)18-21(4,5)14-25-18/h15-18H,8-14H2,1-7H3/t16-,17+,18+/m0/s1. The maximum atomic E-state index is 13.1. The second-order valence-electron chi connectivity index (χ2n) is 10.9. The summed E-state index contributed by atoms with van der Waals surface area (Å²) >= 11 is 0. The van der Waals surface area contributed by atoms with Gasteiger partial charge in [0.05, 0.1) is 18.8 Å². The van der Waals surface area contributed by atoms with E-state index in [0.29, 0.717) is 5.92 Å². The van der Waals surface area contributed by atoms with Gasteiger partial charge in [-0.25, -0.2) is 4.79 Å². The van der Waals surface area contributed by atoms with E-state index < -0.39 is 11.3 Å². The molecule has 5 heteroatoms. The van der Waals surface area contributed by atoms with Gasteiger partial charge in [0.25, 0.3) is 0 Å². The second-order valence-corrected chi connectivity index (χ2v) is 10.9.